The smallest absolute Gasteiger partial charge is 0.252 e. The second-order valence-electron chi connectivity index (χ2n) is 7.25. The van der Waals surface area contributed by atoms with E-state index in [1.165, 1.54) is 0 Å². The summed E-state index contributed by atoms with van der Waals surface area (Å²) in [7, 11) is 0. The molecular weight excluding hydrogens is 364 g/mol. The average molecular weight is 397 g/mol. The average Bonchev–Trinajstić information content (AvgIpc) is 2.64. The van der Waals surface area contributed by atoms with E-state index >= 15 is 0 Å². The van der Waals surface area contributed by atoms with Gasteiger partial charge in [-0.15, -0.1) is 12.4 Å². The van der Waals surface area contributed by atoms with Gasteiger partial charge in [0, 0.05) is 38.3 Å². The summed E-state index contributed by atoms with van der Waals surface area (Å²) in [4.78, 5) is 27.5. The third-order valence-corrected chi connectivity index (χ3v) is 4.79. The van der Waals surface area contributed by atoms with Crippen molar-refractivity contribution in [2.45, 2.75) is 33.2 Å². The summed E-state index contributed by atoms with van der Waals surface area (Å²) in [5, 5.41) is 9.21. The maximum Gasteiger partial charge on any atom is 0.252 e. The quantitative estimate of drug-likeness (QED) is 0.583. The first kappa shape index (κ1) is 23.4. The van der Waals surface area contributed by atoms with Gasteiger partial charge in [0.25, 0.3) is 5.91 Å². The third kappa shape index (κ3) is 7.48. The molecule has 0 radical (unpaired) electrons. The van der Waals surface area contributed by atoms with Crippen molar-refractivity contribution >= 4 is 24.2 Å². The van der Waals surface area contributed by atoms with Crippen molar-refractivity contribution in [2.24, 2.45) is 5.92 Å². The largest absolute Gasteiger partial charge is 0.354 e. The van der Waals surface area contributed by atoms with Gasteiger partial charge in [0.15, 0.2) is 0 Å². The number of rotatable bonds is 8. The van der Waals surface area contributed by atoms with Gasteiger partial charge in [-0.25, -0.2) is 0 Å². The van der Waals surface area contributed by atoms with E-state index in [1.807, 2.05) is 39.0 Å². The van der Waals surface area contributed by atoms with Crippen molar-refractivity contribution < 1.29 is 9.59 Å². The summed E-state index contributed by atoms with van der Waals surface area (Å²) in [6, 6.07) is 6.89. The molecule has 1 aliphatic heterocycles. The van der Waals surface area contributed by atoms with Crippen molar-refractivity contribution in [1.82, 2.24) is 20.9 Å². The molecular formula is C20H33ClN4O2. The van der Waals surface area contributed by atoms with Crippen LogP contribution >= 0.6 is 12.4 Å². The van der Waals surface area contributed by atoms with Crippen molar-refractivity contribution in [3.8, 4) is 0 Å². The maximum absolute atomic E-state index is 12.5. The lowest BCUT2D eigenvalue weighted by atomic mass is 10.0. The van der Waals surface area contributed by atoms with Gasteiger partial charge in [-0.3, -0.25) is 9.59 Å². The summed E-state index contributed by atoms with van der Waals surface area (Å²) in [5.74, 6) is -0.281. The number of amides is 2. The normalized spacial score (nSPS) is 15.7. The molecule has 1 aromatic carbocycles. The van der Waals surface area contributed by atoms with Crippen molar-refractivity contribution in [1.29, 1.82) is 0 Å². The predicted molar refractivity (Wildman–Crippen MR) is 111 cm³/mol. The van der Waals surface area contributed by atoms with Crippen LogP contribution in [0.25, 0.3) is 0 Å². The summed E-state index contributed by atoms with van der Waals surface area (Å²) >= 11 is 0. The van der Waals surface area contributed by atoms with E-state index in [4.69, 9.17) is 0 Å². The number of nitrogens with one attached hydrogen (secondary N) is 3. The lowest BCUT2D eigenvalue weighted by molar-refractivity contribution is -0.123. The van der Waals surface area contributed by atoms with Crippen LogP contribution in [-0.2, 0) is 4.79 Å². The lowest BCUT2D eigenvalue weighted by Crippen LogP contribution is -2.50. The fourth-order valence-corrected chi connectivity index (χ4v) is 3.14. The molecule has 3 N–H and O–H groups in total. The van der Waals surface area contributed by atoms with Crippen molar-refractivity contribution in [3.05, 3.63) is 35.4 Å². The summed E-state index contributed by atoms with van der Waals surface area (Å²) in [5.41, 5.74) is 1.52. The molecule has 2 rings (SSSR count). The highest BCUT2D eigenvalue weighted by atomic mass is 35.5. The topological polar surface area (TPSA) is 73.5 Å². The number of aryl methyl sites for hydroxylation is 1. The number of carbonyl (C=O) groups is 2. The molecule has 1 saturated heterocycles. The highest BCUT2D eigenvalue weighted by Crippen LogP contribution is 2.09. The van der Waals surface area contributed by atoms with Gasteiger partial charge in [-0.2, -0.15) is 0 Å². The van der Waals surface area contributed by atoms with Gasteiger partial charge in [0.05, 0.1) is 0 Å². The predicted octanol–water partition coefficient (Wildman–Crippen LogP) is 1.58. The maximum atomic E-state index is 12.5. The molecule has 0 bridgehead atoms. The number of halogens is 1. The van der Waals surface area contributed by atoms with Gasteiger partial charge in [-0.1, -0.05) is 32.0 Å². The Hall–Kier alpha value is -1.63. The van der Waals surface area contributed by atoms with E-state index in [9.17, 15) is 9.59 Å². The first-order chi connectivity index (χ1) is 12.5. The molecule has 2 amide bonds. The third-order valence-electron chi connectivity index (χ3n) is 4.79. The molecule has 0 saturated carbocycles. The van der Waals surface area contributed by atoms with E-state index in [0.717, 1.165) is 44.7 Å². The highest BCUT2D eigenvalue weighted by molar-refractivity contribution is 5.98. The minimum atomic E-state index is -0.527. The first-order valence-electron chi connectivity index (χ1n) is 9.56. The fourth-order valence-electron chi connectivity index (χ4n) is 3.14. The number of carbonyl (C=O) groups excluding carboxylic acids is 2. The molecule has 152 valence electrons. The number of piperazine rings is 1. The molecule has 1 heterocycles. The summed E-state index contributed by atoms with van der Waals surface area (Å²) in [6.07, 6.45) is 0.919. The fraction of sp³-hybridized carbons (Fsp3) is 0.600. The number of hydrogen-bond donors (Lipinski definition) is 3. The Labute approximate surface area is 168 Å². The molecule has 0 aromatic heterocycles. The zero-order valence-electron chi connectivity index (χ0n) is 16.6. The summed E-state index contributed by atoms with van der Waals surface area (Å²) < 4.78 is 0. The van der Waals surface area contributed by atoms with Crippen LogP contribution in [0, 0.1) is 12.8 Å². The van der Waals surface area contributed by atoms with E-state index in [-0.39, 0.29) is 30.1 Å². The second kappa shape index (κ2) is 12.0. The Kier molecular flexibility index (Phi) is 10.4. The van der Waals surface area contributed by atoms with E-state index in [2.05, 4.69) is 20.9 Å². The first-order valence-corrected chi connectivity index (χ1v) is 9.56. The molecule has 7 heteroatoms. The lowest BCUT2D eigenvalue weighted by Gasteiger charge is -2.27. The van der Waals surface area contributed by atoms with Crippen LogP contribution in [0.5, 0.6) is 0 Å². The van der Waals surface area contributed by atoms with Crippen LogP contribution in [-0.4, -0.2) is 62.0 Å². The van der Waals surface area contributed by atoms with Crippen LogP contribution < -0.4 is 16.0 Å². The van der Waals surface area contributed by atoms with Crippen LogP contribution in [0.3, 0.4) is 0 Å². The second-order valence-corrected chi connectivity index (χ2v) is 7.25. The highest BCUT2D eigenvalue weighted by Gasteiger charge is 2.24. The zero-order chi connectivity index (χ0) is 18.9. The van der Waals surface area contributed by atoms with E-state index in [1.54, 1.807) is 6.07 Å². The molecule has 1 fully saturated rings. The number of nitrogens with zero attached hydrogens (tertiary/aromatic N) is 1. The van der Waals surface area contributed by atoms with E-state index < -0.39 is 6.04 Å². The monoisotopic (exact) mass is 396 g/mol. The van der Waals surface area contributed by atoms with Crippen LogP contribution in [0.15, 0.2) is 24.3 Å². The minimum absolute atomic E-state index is 0. The molecule has 27 heavy (non-hydrogen) atoms. The molecule has 0 aliphatic carbocycles. The van der Waals surface area contributed by atoms with Crippen LogP contribution in [0.1, 0.15) is 36.2 Å². The Morgan fingerprint density at radius 3 is 2.48 bits per heavy atom. The van der Waals surface area contributed by atoms with Crippen LogP contribution in [0.2, 0.25) is 0 Å². The molecule has 6 nitrogen and oxygen atoms in total. The zero-order valence-corrected chi connectivity index (χ0v) is 17.4. The minimum Gasteiger partial charge on any atom is -0.354 e. The molecule has 1 aromatic rings. The van der Waals surface area contributed by atoms with Crippen LogP contribution in [0.4, 0.5) is 0 Å². The standard InChI is InChI=1S/C20H32N4O2.ClH/c1-15(2)18(23-19(25)17-8-5-4-7-16(17)3)20(26)22-9-6-12-24-13-10-21-11-14-24;/h4-5,7-8,15,18,21H,6,9-14H2,1-3H3,(H,22,26)(H,23,25);1H. The Morgan fingerprint density at radius 2 is 1.85 bits per heavy atom. The number of benzene rings is 1. The molecule has 0 spiro atoms. The SMILES string of the molecule is Cc1ccccc1C(=O)NC(C(=O)NCCCN1CCNCC1)C(C)C.Cl. The summed E-state index contributed by atoms with van der Waals surface area (Å²) in [6.45, 7) is 11.6. The number of hydrogen-bond acceptors (Lipinski definition) is 4. The van der Waals surface area contributed by atoms with Gasteiger partial charge >= 0.3 is 0 Å². The van der Waals surface area contributed by atoms with E-state index in [0.29, 0.717) is 12.1 Å². The Bertz CT molecular complexity index is 603. The molecule has 1 aliphatic rings. The van der Waals surface area contributed by atoms with Crippen molar-refractivity contribution in [2.75, 3.05) is 39.3 Å². The van der Waals surface area contributed by atoms with Gasteiger partial charge in [-0.05, 0) is 37.4 Å². The van der Waals surface area contributed by atoms with Gasteiger partial charge in [0.1, 0.15) is 6.04 Å². The Morgan fingerprint density at radius 1 is 1.19 bits per heavy atom. The van der Waals surface area contributed by atoms with Crippen molar-refractivity contribution in [3.63, 3.8) is 0 Å². The van der Waals surface area contributed by atoms with Gasteiger partial charge in [0.2, 0.25) is 5.91 Å². The molecule has 1 unspecified atom stereocenters. The Balaban J connectivity index is 0.00000364. The molecule has 1 atom stereocenters. The van der Waals surface area contributed by atoms with Gasteiger partial charge < -0.3 is 20.9 Å².